The van der Waals surface area contributed by atoms with E-state index in [0.29, 0.717) is 6.54 Å². The van der Waals surface area contributed by atoms with Crippen molar-refractivity contribution in [2.24, 2.45) is 0 Å². The highest BCUT2D eigenvalue weighted by Crippen LogP contribution is 2.36. The van der Waals surface area contributed by atoms with E-state index in [-0.39, 0.29) is 6.04 Å². The molecule has 0 bridgehead atoms. The van der Waals surface area contributed by atoms with Crippen LogP contribution in [0.5, 0.6) is 0 Å². The number of rotatable bonds is 4. The van der Waals surface area contributed by atoms with Crippen LogP contribution in [0.4, 0.5) is 24.7 Å². The first-order chi connectivity index (χ1) is 14.3. The second-order valence-corrected chi connectivity index (χ2v) is 7.53. The first-order valence-electron chi connectivity index (χ1n) is 9.87. The zero-order valence-corrected chi connectivity index (χ0v) is 17.1. The molecule has 0 unspecified atom stereocenters. The van der Waals surface area contributed by atoms with Gasteiger partial charge in [0.25, 0.3) is 0 Å². The van der Waals surface area contributed by atoms with E-state index in [2.05, 4.69) is 34.2 Å². The van der Waals surface area contributed by atoms with Crippen molar-refractivity contribution < 1.29 is 13.2 Å². The van der Waals surface area contributed by atoms with E-state index in [1.807, 2.05) is 36.5 Å². The van der Waals surface area contributed by atoms with Crippen LogP contribution in [-0.4, -0.2) is 36.2 Å². The molecule has 0 amide bonds. The van der Waals surface area contributed by atoms with Gasteiger partial charge in [0.1, 0.15) is 5.82 Å². The van der Waals surface area contributed by atoms with Crippen molar-refractivity contribution in [2.45, 2.75) is 26.1 Å². The highest BCUT2D eigenvalue weighted by atomic mass is 19.4. The number of benzene rings is 1. The Labute approximate surface area is 174 Å². The number of halogens is 3. The molecule has 0 fully saturated rings. The molecule has 4 rings (SSSR count). The molecular formula is C22H24F3N5. The maximum absolute atomic E-state index is 12.9. The second kappa shape index (κ2) is 7.59. The molecule has 1 aromatic carbocycles. The highest BCUT2D eigenvalue weighted by molar-refractivity contribution is 5.82. The van der Waals surface area contributed by atoms with Crippen LogP contribution in [0.25, 0.3) is 5.57 Å². The van der Waals surface area contributed by atoms with E-state index in [1.54, 1.807) is 6.20 Å². The van der Waals surface area contributed by atoms with Crippen molar-refractivity contribution in [3.05, 3.63) is 71.8 Å². The molecule has 8 heteroatoms. The van der Waals surface area contributed by atoms with Crippen LogP contribution in [0.1, 0.15) is 25.0 Å². The molecule has 30 heavy (non-hydrogen) atoms. The summed E-state index contributed by atoms with van der Waals surface area (Å²) in [5, 5.41) is 2.08. The average Bonchev–Trinajstić information content (AvgIpc) is 3.17. The monoisotopic (exact) mass is 415 g/mol. The molecule has 158 valence electrons. The quantitative estimate of drug-likeness (QED) is 0.797. The van der Waals surface area contributed by atoms with Gasteiger partial charge in [0.05, 0.1) is 17.3 Å². The van der Waals surface area contributed by atoms with Crippen molar-refractivity contribution >= 4 is 17.1 Å². The van der Waals surface area contributed by atoms with Gasteiger partial charge in [0.15, 0.2) is 0 Å². The molecule has 0 saturated carbocycles. The number of nitrogens with zero attached hydrogens (tertiary/aromatic N) is 4. The summed E-state index contributed by atoms with van der Waals surface area (Å²) in [5.74, 6) is 0.887. The summed E-state index contributed by atoms with van der Waals surface area (Å²) in [7, 11) is 1.99. The fourth-order valence-corrected chi connectivity index (χ4v) is 3.68. The Morgan fingerprint density at radius 1 is 1.20 bits per heavy atom. The van der Waals surface area contributed by atoms with Gasteiger partial charge in [0.2, 0.25) is 0 Å². The van der Waals surface area contributed by atoms with Gasteiger partial charge in [-0.15, -0.1) is 0 Å². The van der Waals surface area contributed by atoms with Gasteiger partial charge >= 0.3 is 6.18 Å². The number of nitrogens with one attached hydrogen (secondary N) is 1. The fourth-order valence-electron chi connectivity index (χ4n) is 3.68. The molecule has 2 aromatic rings. The van der Waals surface area contributed by atoms with E-state index in [1.165, 1.54) is 12.1 Å². The van der Waals surface area contributed by atoms with Crippen molar-refractivity contribution in [1.29, 1.82) is 0 Å². The molecule has 0 radical (unpaired) electrons. The Bertz CT molecular complexity index is 981. The number of fused-ring (bicyclic) bond motifs is 1. The Balaban J connectivity index is 1.66. The smallest absolute Gasteiger partial charge is 0.360 e. The van der Waals surface area contributed by atoms with Crippen molar-refractivity contribution in [2.75, 3.05) is 29.9 Å². The first-order valence-corrected chi connectivity index (χ1v) is 9.87. The van der Waals surface area contributed by atoms with Crippen LogP contribution in [-0.2, 0) is 6.18 Å². The molecule has 0 aliphatic carbocycles. The number of alkyl halides is 3. The molecule has 0 spiro atoms. The lowest BCUT2D eigenvalue weighted by molar-refractivity contribution is -0.137. The molecule has 0 saturated heterocycles. The normalized spacial score (nSPS) is 18.5. The topological polar surface area (TPSA) is 34.6 Å². The Morgan fingerprint density at radius 3 is 2.60 bits per heavy atom. The van der Waals surface area contributed by atoms with Crippen molar-refractivity contribution in [3.8, 4) is 0 Å². The molecule has 1 aromatic heterocycles. The summed E-state index contributed by atoms with van der Waals surface area (Å²) in [6.07, 6.45) is 1.40. The zero-order valence-electron chi connectivity index (χ0n) is 17.1. The number of anilines is 2. The predicted molar refractivity (Wildman–Crippen MR) is 112 cm³/mol. The predicted octanol–water partition coefficient (Wildman–Crippen LogP) is 4.47. The molecule has 2 aliphatic heterocycles. The summed E-state index contributed by atoms with van der Waals surface area (Å²) in [6.45, 7) is 5.65. The van der Waals surface area contributed by atoms with Gasteiger partial charge in [0, 0.05) is 50.0 Å². The lowest BCUT2D eigenvalue weighted by atomic mass is 10.0. The third-order valence-electron chi connectivity index (χ3n) is 5.51. The number of hydrogen-bond donors (Lipinski definition) is 1. The van der Waals surface area contributed by atoms with Crippen LogP contribution < -0.4 is 15.2 Å². The minimum Gasteiger partial charge on any atom is -0.360 e. The number of allylic oxidation sites excluding steroid dienone is 1. The van der Waals surface area contributed by atoms with Crippen molar-refractivity contribution in [1.82, 2.24) is 15.4 Å². The molecule has 2 aliphatic rings. The Hall–Kier alpha value is -3.16. The van der Waals surface area contributed by atoms with Gasteiger partial charge < -0.3 is 15.2 Å². The van der Waals surface area contributed by atoms with Gasteiger partial charge in [-0.2, -0.15) is 13.2 Å². The van der Waals surface area contributed by atoms with Crippen LogP contribution >= 0.6 is 0 Å². The van der Waals surface area contributed by atoms with Crippen molar-refractivity contribution in [3.63, 3.8) is 0 Å². The van der Waals surface area contributed by atoms with E-state index in [9.17, 15) is 13.2 Å². The SMILES string of the molecule is CCN(C)c1cc(C2=CNN3C2=CN(c2ccc(C(F)(F)F)cc2)C[C@@H]3C)ccn1. The maximum atomic E-state index is 12.9. The fraction of sp³-hybridized carbons (Fsp3) is 0.318. The molecule has 3 heterocycles. The van der Waals surface area contributed by atoms with E-state index < -0.39 is 11.7 Å². The summed E-state index contributed by atoms with van der Waals surface area (Å²) in [6, 6.07) is 9.44. The van der Waals surface area contributed by atoms with Crippen LogP contribution in [0.15, 0.2) is 60.7 Å². The zero-order chi connectivity index (χ0) is 21.5. The lowest BCUT2D eigenvalue weighted by Gasteiger charge is -2.38. The molecule has 5 nitrogen and oxygen atoms in total. The minimum atomic E-state index is -4.33. The van der Waals surface area contributed by atoms with E-state index in [4.69, 9.17) is 0 Å². The van der Waals surface area contributed by atoms with Gasteiger partial charge in [-0.25, -0.2) is 4.98 Å². The van der Waals surface area contributed by atoms with E-state index >= 15 is 0 Å². The second-order valence-electron chi connectivity index (χ2n) is 7.53. The number of hydrogen-bond acceptors (Lipinski definition) is 5. The van der Waals surface area contributed by atoms with E-state index in [0.717, 1.165) is 47.0 Å². The third-order valence-corrected chi connectivity index (χ3v) is 5.51. The van der Waals surface area contributed by atoms with Crippen LogP contribution in [0.2, 0.25) is 0 Å². The maximum Gasteiger partial charge on any atom is 0.416 e. The summed E-state index contributed by atoms with van der Waals surface area (Å²) >= 11 is 0. The van der Waals surface area contributed by atoms with Gasteiger partial charge in [-0.05, 0) is 55.8 Å². The number of pyridine rings is 1. The average molecular weight is 415 g/mol. The Kier molecular flexibility index (Phi) is 5.09. The summed E-state index contributed by atoms with van der Waals surface area (Å²) in [4.78, 5) is 8.50. The van der Waals surface area contributed by atoms with Crippen LogP contribution in [0, 0.1) is 0 Å². The van der Waals surface area contributed by atoms with Gasteiger partial charge in [-0.3, -0.25) is 5.01 Å². The summed E-state index contributed by atoms with van der Waals surface area (Å²) < 4.78 is 38.7. The molecule has 1 N–H and O–H groups in total. The Morgan fingerprint density at radius 2 is 1.93 bits per heavy atom. The largest absolute Gasteiger partial charge is 0.416 e. The number of hydrazine groups is 1. The van der Waals surface area contributed by atoms with Gasteiger partial charge in [-0.1, -0.05) is 0 Å². The molecular weight excluding hydrogens is 391 g/mol. The summed E-state index contributed by atoms with van der Waals surface area (Å²) in [5.41, 5.74) is 6.43. The first kappa shape index (κ1) is 20.1. The standard InChI is InChI=1S/C22H24F3N5/c1-4-28(3)21-11-16(9-10-26-21)19-12-27-30-15(2)13-29(14-20(19)30)18-7-5-17(6-8-18)22(23,24)25/h5-12,14-15,27H,4,13H2,1-3H3/t15-/m0/s1. The third kappa shape index (κ3) is 3.69. The highest BCUT2D eigenvalue weighted by Gasteiger charge is 2.33. The van der Waals surface area contributed by atoms with Crippen LogP contribution in [0.3, 0.4) is 0 Å². The molecule has 1 atom stereocenters. The minimum absolute atomic E-state index is 0.126. The number of aromatic nitrogens is 1. The lowest BCUT2D eigenvalue weighted by Crippen LogP contribution is -2.47.